The van der Waals surface area contributed by atoms with Crippen molar-refractivity contribution in [2.75, 3.05) is 0 Å². The fourth-order valence-electron chi connectivity index (χ4n) is 4.01. The van der Waals surface area contributed by atoms with E-state index in [0.717, 1.165) is 12.1 Å². The lowest BCUT2D eigenvalue weighted by molar-refractivity contribution is -0.137. The van der Waals surface area contributed by atoms with E-state index in [1.807, 2.05) is 36.4 Å². The SMILES string of the molecule is CC(c1cc(C(F)(F)F)ccn1)(c1cccc(-c2ccccn2)n1)c1cccc(-c2ccccn2)n1. The Morgan fingerprint density at radius 1 is 0.528 bits per heavy atom. The fraction of sp³-hybridized carbons (Fsp3) is 0.107. The molecule has 0 saturated carbocycles. The molecule has 5 rings (SSSR count). The van der Waals surface area contributed by atoms with Crippen molar-refractivity contribution in [1.29, 1.82) is 0 Å². The Morgan fingerprint density at radius 2 is 1.06 bits per heavy atom. The van der Waals surface area contributed by atoms with Gasteiger partial charge in [-0.05, 0) is 67.6 Å². The molecule has 178 valence electrons. The van der Waals surface area contributed by atoms with Gasteiger partial charge in [0.25, 0.3) is 0 Å². The maximum atomic E-state index is 13.7. The highest BCUT2D eigenvalue weighted by molar-refractivity contribution is 5.57. The molecule has 8 heteroatoms. The number of alkyl halides is 3. The summed E-state index contributed by atoms with van der Waals surface area (Å²) in [5.74, 6) is 0. The van der Waals surface area contributed by atoms with E-state index in [4.69, 9.17) is 9.97 Å². The molecule has 0 N–H and O–H groups in total. The minimum atomic E-state index is -4.52. The van der Waals surface area contributed by atoms with Crippen LogP contribution >= 0.6 is 0 Å². The van der Waals surface area contributed by atoms with Gasteiger partial charge in [-0.25, -0.2) is 9.97 Å². The van der Waals surface area contributed by atoms with Crippen molar-refractivity contribution in [3.05, 3.63) is 126 Å². The van der Waals surface area contributed by atoms with Crippen LogP contribution in [0.3, 0.4) is 0 Å². The Bertz CT molecular complexity index is 1410. The topological polar surface area (TPSA) is 64.5 Å². The highest BCUT2D eigenvalue weighted by Crippen LogP contribution is 2.39. The molecule has 0 unspecified atom stereocenters. The Hall–Kier alpha value is -4.46. The van der Waals surface area contributed by atoms with Crippen LogP contribution in [0.15, 0.2) is 104 Å². The van der Waals surface area contributed by atoms with Crippen molar-refractivity contribution in [3.8, 4) is 22.8 Å². The van der Waals surface area contributed by atoms with Crippen molar-refractivity contribution in [2.24, 2.45) is 0 Å². The summed E-state index contributed by atoms with van der Waals surface area (Å²) in [4.78, 5) is 22.8. The first kappa shape index (κ1) is 23.3. The number of halogens is 3. The molecular formula is C28H20F3N5. The van der Waals surface area contributed by atoms with Crippen LogP contribution < -0.4 is 0 Å². The van der Waals surface area contributed by atoms with Gasteiger partial charge >= 0.3 is 6.18 Å². The molecule has 0 fully saturated rings. The zero-order valence-electron chi connectivity index (χ0n) is 19.2. The van der Waals surface area contributed by atoms with E-state index in [0.29, 0.717) is 34.2 Å². The quantitative estimate of drug-likeness (QED) is 0.291. The predicted octanol–water partition coefficient (Wildman–Crippen LogP) is 6.37. The molecule has 0 aliphatic heterocycles. The van der Waals surface area contributed by atoms with Crippen LogP contribution in [0.25, 0.3) is 22.8 Å². The summed E-state index contributed by atoms with van der Waals surface area (Å²) >= 11 is 0. The lowest BCUT2D eigenvalue weighted by Gasteiger charge is -2.29. The first-order valence-electron chi connectivity index (χ1n) is 11.2. The monoisotopic (exact) mass is 483 g/mol. The summed E-state index contributed by atoms with van der Waals surface area (Å²) in [6.45, 7) is 1.78. The van der Waals surface area contributed by atoms with Crippen LogP contribution in [0.2, 0.25) is 0 Å². The summed E-state index contributed by atoms with van der Waals surface area (Å²) in [6.07, 6.45) is -0.0308. The average molecular weight is 483 g/mol. The van der Waals surface area contributed by atoms with Crippen LogP contribution in [0.4, 0.5) is 13.2 Å². The minimum absolute atomic E-state index is 0.175. The molecule has 0 aliphatic carbocycles. The molecule has 0 spiro atoms. The average Bonchev–Trinajstić information content (AvgIpc) is 2.93. The van der Waals surface area contributed by atoms with Crippen molar-refractivity contribution in [2.45, 2.75) is 18.5 Å². The smallest absolute Gasteiger partial charge is 0.260 e. The van der Waals surface area contributed by atoms with Gasteiger partial charge in [-0.1, -0.05) is 24.3 Å². The van der Waals surface area contributed by atoms with Crippen LogP contribution in [0.1, 0.15) is 29.6 Å². The summed E-state index contributed by atoms with van der Waals surface area (Å²) in [7, 11) is 0. The van der Waals surface area contributed by atoms with Crippen LogP contribution in [-0.2, 0) is 11.6 Å². The zero-order chi connectivity index (χ0) is 25.2. The van der Waals surface area contributed by atoms with E-state index in [9.17, 15) is 13.2 Å². The lowest BCUT2D eigenvalue weighted by atomic mass is 9.78. The highest BCUT2D eigenvalue weighted by Gasteiger charge is 2.39. The normalized spacial score (nSPS) is 11.9. The van der Waals surface area contributed by atoms with Crippen molar-refractivity contribution in [1.82, 2.24) is 24.9 Å². The summed E-state index contributed by atoms with van der Waals surface area (Å²) < 4.78 is 41.0. The van der Waals surface area contributed by atoms with Crippen molar-refractivity contribution >= 4 is 0 Å². The molecule has 36 heavy (non-hydrogen) atoms. The molecule has 0 saturated heterocycles. The molecule has 0 amide bonds. The van der Waals surface area contributed by atoms with Gasteiger partial charge in [0.1, 0.15) is 0 Å². The molecule has 5 nitrogen and oxygen atoms in total. The van der Waals surface area contributed by atoms with Crippen molar-refractivity contribution in [3.63, 3.8) is 0 Å². The first-order valence-corrected chi connectivity index (χ1v) is 11.2. The Labute approximate surface area is 205 Å². The molecule has 0 aromatic carbocycles. The third-order valence-corrected chi connectivity index (χ3v) is 5.98. The second kappa shape index (κ2) is 9.30. The highest BCUT2D eigenvalue weighted by atomic mass is 19.4. The maximum Gasteiger partial charge on any atom is 0.416 e. The molecule has 5 aromatic heterocycles. The molecule has 5 aromatic rings. The largest absolute Gasteiger partial charge is 0.416 e. The van der Waals surface area contributed by atoms with Gasteiger partial charge < -0.3 is 0 Å². The van der Waals surface area contributed by atoms with Gasteiger partial charge in [0.15, 0.2) is 0 Å². The van der Waals surface area contributed by atoms with Crippen LogP contribution in [0.5, 0.6) is 0 Å². The van der Waals surface area contributed by atoms with Gasteiger partial charge in [0.05, 0.1) is 50.8 Å². The first-order chi connectivity index (χ1) is 17.4. The Balaban J connectivity index is 1.73. The number of hydrogen-bond donors (Lipinski definition) is 0. The lowest BCUT2D eigenvalue weighted by Crippen LogP contribution is -2.30. The van der Waals surface area contributed by atoms with E-state index in [1.54, 1.807) is 55.7 Å². The number of nitrogens with zero attached hydrogens (tertiary/aromatic N) is 5. The summed E-state index contributed by atoms with van der Waals surface area (Å²) in [6, 6.07) is 23.7. The van der Waals surface area contributed by atoms with Gasteiger partial charge in [-0.3, -0.25) is 15.0 Å². The van der Waals surface area contributed by atoms with E-state index in [-0.39, 0.29) is 5.69 Å². The maximum absolute atomic E-state index is 13.7. The molecule has 0 aliphatic rings. The molecule has 0 atom stereocenters. The fourth-order valence-corrected chi connectivity index (χ4v) is 4.01. The number of aromatic nitrogens is 5. The second-order valence-electron chi connectivity index (χ2n) is 8.30. The van der Waals surface area contributed by atoms with Gasteiger partial charge in [-0.2, -0.15) is 13.2 Å². The Kier molecular flexibility index (Phi) is 6.01. The van der Waals surface area contributed by atoms with E-state index < -0.39 is 17.2 Å². The van der Waals surface area contributed by atoms with Crippen LogP contribution in [0, 0.1) is 0 Å². The predicted molar refractivity (Wildman–Crippen MR) is 130 cm³/mol. The van der Waals surface area contributed by atoms with Gasteiger partial charge in [0, 0.05) is 18.6 Å². The van der Waals surface area contributed by atoms with Gasteiger partial charge in [-0.15, -0.1) is 0 Å². The molecule has 0 radical (unpaired) electrons. The van der Waals surface area contributed by atoms with E-state index in [2.05, 4.69) is 15.0 Å². The zero-order valence-corrected chi connectivity index (χ0v) is 19.2. The van der Waals surface area contributed by atoms with E-state index in [1.165, 1.54) is 6.20 Å². The third-order valence-electron chi connectivity index (χ3n) is 5.98. The number of pyridine rings is 5. The summed E-state index contributed by atoms with van der Waals surface area (Å²) in [5, 5.41) is 0. The number of hydrogen-bond acceptors (Lipinski definition) is 5. The van der Waals surface area contributed by atoms with Crippen molar-refractivity contribution < 1.29 is 13.2 Å². The molecule has 0 bridgehead atoms. The summed E-state index contributed by atoms with van der Waals surface area (Å²) in [5.41, 5.74) is 1.62. The Morgan fingerprint density at radius 3 is 1.53 bits per heavy atom. The van der Waals surface area contributed by atoms with Gasteiger partial charge in [0.2, 0.25) is 0 Å². The third kappa shape index (κ3) is 4.45. The molecule has 5 heterocycles. The number of rotatable bonds is 5. The molecular weight excluding hydrogens is 463 g/mol. The van der Waals surface area contributed by atoms with Crippen LogP contribution in [-0.4, -0.2) is 24.9 Å². The van der Waals surface area contributed by atoms with E-state index >= 15 is 0 Å². The minimum Gasteiger partial charge on any atom is -0.260 e. The second-order valence-corrected chi connectivity index (χ2v) is 8.30. The standard InChI is InChI=1S/C28H20F3N5/c1-27(26-18-19(14-17-34-26)28(29,30)31,24-12-6-10-22(35-24)20-8-2-4-15-32-20)25-13-7-11-23(36-25)21-9-3-5-16-33-21/h2-18H,1H3.